The van der Waals surface area contributed by atoms with Crippen LogP contribution in [0.2, 0.25) is 0 Å². The molecule has 4 nitrogen and oxygen atoms in total. The average Bonchev–Trinajstić information content (AvgIpc) is 2.38. The number of pyridine rings is 1. The minimum absolute atomic E-state index is 0.137. The first-order valence-corrected chi connectivity index (χ1v) is 6.09. The predicted molar refractivity (Wildman–Crippen MR) is 64.9 cm³/mol. The van der Waals surface area contributed by atoms with Gasteiger partial charge in [-0.15, -0.1) is 0 Å². The highest BCUT2D eigenvalue weighted by Gasteiger charge is 2.32. The highest BCUT2D eigenvalue weighted by atomic mass is 19.4. The van der Waals surface area contributed by atoms with Crippen LogP contribution in [0.5, 0.6) is 0 Å². The van der Waals surface area contributed by atoms with E-state index in [1.54, 1.807) is 18.2 Å². The summed E-state index contributed by atoms with van der Waals surface area (Å²) < 4.78 is 36.8. The van der Waals surface area contributed by atoms with Crippen LogP contribution in [-0.4, -0.2) is 53.9 Å². The number of nitrogens with zero attached hydrogens (tertiary/aromatic N) is 3. The Morgan fingerprint density at radius 2 is 1.84 bits per heavy atom. The third kappa shape index (κ3) is 4.07. The Kier molecular flexibility index (Phi) is 4.26. The third-order valence-electron chi connectivity index (χ3n) is 3.05. The predicted octanol–water partition coefficient (Wildman–Crippen LogP) is 1.26. The lowest BCUT2D eigenvalue weighted by atomic mass is 10.3. The van der Waals surface area contributed by atoms with Gasteiger partial charge in [0.05, 0.1) is 18.8 Å². The molecule has 2 rings (SSSR count). The fourth-order valence-electron chi connectivity index (χ4n) is 2.12. The van der Waals surface area contributed by atoms with Crippen LogP contribution in [0.3, 0.4) is 0 Å². The van der Waals surface area contributed by atoms with Crippen molar-refractivity contribution in [3.63, 3.8) is 0 Å². The van der Waals surface area contributed by atoms with Gasteiger partial charge in [0, 0.05) is 26.2 Å². The molecular formula is C12H16F3N3O. The Balaban J connectivity index is 1.92. The lowest BCUT2D eigenvalue weighted by Gasteiger charge is -2.35. The van der Waals surface area contributed by atoms with E-state index in [0.717, 1.165) is 0 Å². The molecule has 0 unspecified atom stereocenters. The smallest absolute Gasteiger partial charge is 0.390 e. The van der Waals surface area contributed by atoms with Gasteiger partial charge in [-0.25, -0.2) is 4.98 Å². The number of aromatic nitrogens is 1. The van der Waals surface area contributed by atoms with Crippen molar-refractivity contribution in [1.29, 1.82) is 0 Å². The van der Waals surface area contributed by atoms with E-state index < -0.39 is 12.7 Å². The van der Waals surface area contributed by atoms with E-state index >= 15 is 0 Å². The molecule has 0 aromatic carbocycles. The summed E-state index contributed by atoms with van der Waals surface area (Å²) >= 11 is 0. The summed E-state index contributed by atoms with van der Waals surface area (Å²) in [6.07, 6.45) is -4.14. The molecule has 0 bridgehead atoms. The summed E-state index contributed by atoms with van der Waals surface area (Å²) in [5, 5.41) is 9.02. The van der Waals surface area contributed by atoms with Gasteiger partial charge in [-0.1, -0.05) is 6.07 Å². The minimum atomic E-state index is -4.14. The SMILES string of the molecule is OCc1cccc(N2CCN(CC(F)(F)F)CC2)n1. The second-order valence-electron chi connectivity index (χ2n) is 4.52. The Labute approximate surface area is 109 Å². The van der Waals surface area contributed by atoms with Gasteiger partial charge in [0.25, 0.3) is 0 Å². The van der Waals surface area contributed by atoms with E-state index in [9.17, 15) is 13.2 Å². The van der Waals surface area contributed by atoms with Crippen LogP contribution < -0.4 is 4.90 Å². The normalized spacial score (nSPS) is 17.8. The van der Waals surface area contributed by atoms with E-state index in [0.29, 0.717) is 37.7 Å². The van der Waals surface area contributed by atoms with E-state index in [-0.39, 0.29) is 6.61 Å². The van der Waals surface area contributed by atoms with Crippen molar-refractivity contribution in [1.82, 2.24) is 9.88 Å². The summed E-state index contributed by atoms with van der Waals surface area (Å²) in [4.78, 5) is 7.58. The molecule has 7 heteroatoms. The maximum atomic E-state index is 12.3. The molecule has 19 heavy (non-hydrogen) atoms. The Morgan fingerprint density at radius 1 is 1.16 bits per heavy atom. The van der Waals surface area contributed by atoms with Gasteiger partial charge in [-0.05, 0) is 12.1 Å². The largest absolute Gasteiger partial charge is 0.401 e. The molecule has 0 atom stereocenters. The summed E-state index contributed by atoms with van der Waals surface area (Å²) in [7, 11) is 0. The fourth-order valence-corrected chi connectivity index (χ4v) is 2.12. The van der Waals surface area contributed by atoms with Crippen LogP contribution in [0.1, 0.15) is 5.69 Å². The monoisotopic (exact) mass is 275 g/mol. The van der Waals surface area contributed by atoms with Crippen molar-refractivity contribution in [2.75, 3.05) is 37.6 Å². The maximum Gasteiger partial charge on any atom is 0.401 e. The van der Waals surface area contributed by atoms with Crippen LogP contribution >= 0.6 is 0 Å². The van der Waals surface area contributed by atoms with Gasteiger partial charge in [0.2, 0.25) is 0 Å². The lowest BCUT2D eigenvalue weighted by Crippen LogP contribution is -2.49. The highest BCUT2D eigenvalue weighted by molar-refractivity contribution is 5.39. The zero-order chi connectivity index (χ0) is 13.9. The second-order valence-corrected chi connectivity index (χ2v) is 4.52. The fraction of sp³-hybridized carbons (Fsp3) is 0.583. The Hall–Kier alpha value is -1.34. The maximum absolute atomic E-state index is 12.3. The van der Waals surface area contributed by atoms with Crippen molar-refractivity contribution in [2.24, 2.45) is 0 Å². The van der Waals surface area contributed by atoms with E-state index in [1.165, 1.54) is 4.90 Å². The Morgan fingerprint density at radius 3 is 2.42 bits per heavy atom. The first-order valence-electron chi connectivity index (χ1n) is 6.09. The lowest BCUT2D eigenvalue weighted by molar-refractivity contribution is -0.146. The summed E-state index contributed by atoms with van der Waals surface area (Å²) in [5.74, 6) is 0.707. The molecule has 106 valence electrons. The van der Waals surface area contributed by atoms with Crippen LogP contribution in [-0.2, 0) is 6.61 Å². The number of alkyl halides is 3. The van der Waals surface area contributed by atoms with Gasteiger partial charge < -0.3 is 10.0 Å². The molecule has 0 radical (unpaired) electrons. The number of aliphatic hydroxyl groups is 1. The minimum Gasteiger partial charge on any atom is -0.390 e. The number of halogens is 3. The molecule has 2 heterocycles. The summed E-state index contributed by atoms with van der Waals surface area (Å²) in [5.41, 5.74) is 0.565. The molecule has 1 aromatic heterocycles. The first-order chi connectivity index (χ1) is 8.98. The van der Waals surface area contributed by atoms with E-state index in [4.69, 9.17) is 5.11 Å². The zero-order valence-corrected chi connectivity index (χ0v) is 10.4. The van der Waals surface area contributed by atoms with Crippen molar-refractivity contribution in [3.8, 4) is 0 Å². The number of hydrogen-bond donors (Lipinski definition) is 1. The summed E-state index contributed by atoms with van der Waals surface area (Å²) in [6.45, 7) is 0.762. The molecule has 1 aliphatic rings. The molecule has 1 aromatic rings. The number of rotatable bonds is 3. The van der Waals surface area contributed by atoms with Gasteiger partial charge in [0.1, 0.15) is 5.82 Å². The third-order valence-corrected chi connectivity index (χ3v) is 3.05. The average molecular weight is 275 g/mol. The number of aliphatic hydroxyl groups excluding tert-OH is 1. The molecule has 0 aliphatic carbocycles. The standard InChI is InChI=1S/C12H16F3N3O/c13-12(14,15)9-17-4-6-18(7-5-17)11-3-1-2-10(8-19)16-11/h1-3,19H,4-9H2. The van der Waals surface area contributed by atoms with E-state index in [2.05, 4.69) is 4.98 Å². The van der Waals surface area contributed by atoms with Gasteiger partial charge >= 0.3 is 6.18 Å². The Bertz CT molecular complexity index is 417. The molecular weight excluding hydrogens is 259 g/mol. The quantitative estimate of drug-likeness (QED) is 0.901. The number of hydrogen-bond acceptors (Lipinski definition) is 4. The zero-order valence-electron chi connectivity index (χ0n) is 10.4. The number of piperazine rings is 1. The second kappa shape index (κ2) is 5.75. The molecule has 1 saturated heterocycles. The topological polar surface area (TPSA) is 39.6 Å². The van der Waals surface area contributed by atoms with E-state index in [1.807, 2.05) is 4.90 Å². The molecule has 1 aliphatic heterocycles. The van der Waals surface area contributed by atoms with Crippen molar-refractivity contribution < 1.29 is 18.3 Å². The molecule has 1 N–H and O–H groups in total. The molecule has 0 spiro atoms. The van der Waals surface area contributed by atoms with Crippen LogP contribution in [0.25, 0.3) is 0 Å². The van der Waals surface area contributed by atoms with Gasteiger partial charge in [-0.2, -0.15) is 13.2 Å². The van der Waals surface area contributed by atoms with Crippen LogP contribution in [0.4, 0.5) is 19.0 Å². The van der Waals surface area contributed by atoms with Crippen LogP contribution in [0.15, 0.2) is 18.2 Å². The van der Waals surface area contributed by atoms with Gasteiger partial charge in [-0.3, -0.25) is 4.90 Å². The molecule has 0 saturated carbocycles. The van der Waals surface area contributed by atoms with Crippen molar-refractivity contribution >= 4 is 5.82 Å². The highest BCUT2D eigenvalue weighted by Crippen LogP contribution is 2.19. The van der Waals surface area contributed by atoms with Crippen LogP contribution in [0, 0.1) is 0 Å². The number of anilines is 1. The molecule has 0 amide bonds. The van der Waals surface area contributed by atoms with Crippen molar-refractivity contribution in [2.45, 2.75) is 12.8 Å². The van der Waals surface area contributed by atoms with Crippen molar-refractivity contribution in [3.05, 3.63) is 23.9 Å². The summed E-state index contributed by atoms with van der Waals surface area (Å²) in [6, 6.07) is 5.30. The first kappa shape index (κ1) is 14.1. The molecule has 1 fully saturated rings. The van der Waals surface area contributed by atoms with Gasteiger partial charge in [0.15, 0.2) is 0 Å².